The number of non-ortho nitro benzene ring substituents is 1. The van der Waals surface area contributed by atoms with Crippen molar-refractivity contribution in [3.63, 3.8) is 0 Å². The highest BCUT2D eigenvalue weighted by Crippen LogP contribution is 2.30. The van der Waals surface area contributed by atoms with Gasteiger partial charge in [-0.25, -0.2) is 0 Å². The highest BCUT2D eigenvalue weighted by Gasteiger charge is 2.10. The second-order valence-corrected chi connectivity index (χ2v) is 4.71. The van der Waals surface area contributed by atoms with E-state index >= 15 is 0 Å². The van der Waals surface area contributed by atoms with Crippen molar-refractivity contribution in [2.24, 2.45) is 0 Å². The highest BCUT2D eigenvalue weighted by atomic mass is 127. The van der Waals surface area contributed by atoms with Crippen LogP contribution in [0.15, 0.2) is 42.5 Å². The van der Waals surface area contributed by atoms with Gasteiger partial charge in [0.15, 0.2) is 0 Å². The fourth-order valence-electron chi connectivity index (χ4n) is 1.42. The Morgan fingerprint density at radius 2 is 1.94 bits per heavy atom. The lowest BCUT2D eigenvalue weighted by Crippen LogP contribution is -1.94. The third kappa shape index (κ3) is 2.89. The average Bonchev–Trinajstić information content (AvgIpc) is 2.31. The van der Waals surface area contributed by atoms with E-state index in [0.29, 0.717) is 17.2 Å². The van der Waals surface area contributed by atoms with E-state index in [4.69, 9.17) is 10.5 Å². The maximum atomic E-state index is 10.7. The van der Waals surface area contributed by atoms with Crippen LogP contribution in [0.25, 0.3) is 0 Å². The van der Waals surface area contributed by atoms with Crippen LogP contribution in [0.4, 0.5) is 11.4 Å². The first kappa shape index (κ1) is 12.6. The number of para-hydroxylation sites is 1. The molecule has 0 aromatic heterocycles. The SMILES string of the molecule is Nc1cc(Oc2ccccc2I)cc([N+](=O)[O-])c1. The second kappa shape index (κ2) is 5.21. The van der Waals surface area contributed by atoms with Crippen molar-refractivity contribution in [2.75, 3.05) is 5.73 Å². The summed E-state index contributed by atoms with van der Waals surface area (Å²) in [6, 6.07) is 11.6. The van der Waals surface area contributed by atoms with Crippen molar-refractivity contribution in [3.8, 4) is 11.5 Å². The van der Waals surface area contributed by atoms with E-state index in [9.17, 15) is 10.1 Å². The molecule has 0 saturated carbocycles. The van der Waals surface area contributed by atoms with Crippen LogP contribution >= 0.6 is 22.6 Å². The van der Waals surface area contributed by atoms with Gasteiger partial charge in [0, 0.05) is 17.8 Å². The molecule has 0 aliphatic carbocycles. The molecule has 0 spiro atoms. The topological polar surface area (TPSA) is 78.4 Å². The number of halogens is 1. The summed E-state index contributed by atoms with van der Waals surface area (Å²) in [4.78, 5) is 10.2. The molecule has 5 nitrogen and oxygen atoms in total. The molecule has 2 aromatic carbocycles. The third-order valence-electron chi connectivity index (χ3n) is 2.19. The van der Waals surface area contributed by atoms with Gasteiger partial charge in [-0.05, 0) is 34.7 Å². The summed E-state index contributed by atoms with van der Waals surface area (Å²) in [5, 5.41) is 10.7. The summed E-state index contributed by atoms with van der Waals surface area (Å²) in [6.07, 6.45) is 0. The van der Waals surface area contributed by atoms with E-state index in [1.165, 1.54) is 12.1 Å². The van der Waals surface area contributed by atoms with Crippen molar-refractivity contribution in [1.29, 1.82) is 0 Å². The van der Waals surface area contributed by atoms with E-state index in [1.54, 1.807) is 12.1 Å². The van der Waals surface area contributed by atoms with Crippen LogP contribution < -0.4 is 10.5 Å². The van der Waals surface area contributed by atoms with E-state index in [0.717, 1.165) is 3.57 Å². The van der Waals surface area contributed by atoms with Crippen molar-refractivity contribution >= 4 is 34.0 Å². The van der Waals surface area contributed by atoms with Gasteiger partial charge in [0.05, 0.1) is 14.6 Å². The van der Waals surface area contributed by atoms with Crippen LogP contribution in [-0.2, 0) is 0 Å². The van der Waals surface area contributed by atoms with Gasteiger partial charge in [0.1, 0.15) is 11.5 Å². The summed E-state index contributed by atoms with van der Waals surface area (Å²) in [6.45, 7) is 0. The zero-order valence-corrected chi connectivity index (χ0v) is 11.3. The summed E-state index contributed by atoms with van der Waals surface area (Å²) in [5.74, 6) is 0.990. The Bertz CT molecular complexity index is 602. The molecule has 0 aliphatic rings. The first-order chi connectivity index (χ1) is 8.56. The molecule has 92 valence electrons. The lowest BCUT2D eigenvalue weighted by atomic mass is 10.2. The number of ether oxygens (including phenoxy) is 1. The van der Waals surface area contributed by atoms with Gasteiger partial charge in [-0.15, -0.1) is 0 Å². The normalized spacial score (nSPS) is 10.1. The smallest absolute Gasteiger partial charge is 0.275 e. The molecule has 18 heavy (non-hydrogen) atoms. The molecule has 0 atom stereocenters. The molecular formula is C12H9IN2O3. The minimum atomic E-state index is -0.501. The fraction of sp³-hybridized carbons (Fsp3) is 0. The van der Waals surface area contributed by atoms with Crippen LogP contribution in [-0.4, -0.2) is 4.92 Å². The Hall–Kier alpha value is -1.83. The van der Waals surface area contributed by atoms with Crippen LogP contribution in [0, 0.1) is 13.7 Å². The van der Waals surface area contributed by atoms with Gasteiger partial charge in [0.2, 0.25) is 0 Å². The van der Waals surface area contributed by atoms with Crippen LogP contribution in [0.1, 0.15) is 0 Å². The van der Waals surface area contributed by atoms with Gasteiger partial charge in [-0.2, -0.15) is 0 Å². The number of anilines is 1. The monoisotopic (exact) mass is 356 g/mol. The zero-order valence-electron chi connectivity index (χ0n) is 9.17. The lowest BCUT2D eigenvalue weighted by Gasteiger charge is -2.08. The Kier molecular flexibility index (Phi) is 3.66. The number of nitro groups is 1. The molecule has 0 radical (unpaired) electrons. The van der Waals surface area contributed by atoms with Crippen molar-refractivity contribution < 1.29 is 9.66 Å². The molecule has 0 heterocycles. The van der Waals surface area contributed by atoms with Crippen LogP contribution in [0.3, 0.4) is 0 Å². The second-order valence-electron chi connectivity index (χ2n) is 3.55. The predicted molar refractivity (Wildman–Crippen MR) is 76.7 cm³/mol. The molecular weight excluding hydrogens is 347 g/mol. The Morgan fingerprint density at radius 1 is 1.22 bits per heavy atom. The van der Waals surface area contributed by atoms with Gasteiger partial charge < -0.3 is 10.5 Å². The highest BCUT2D eigenvalue weighted by molar-refractivity contribution is 14.1. The largest absolute Gasteiger partial charge is 0.456 e. The summed E-state index contributed by atoms with van der Waals surface area (Å²) in [5.41, 5.74) is 5.81. The molecule has 6 heteroatoms. The zero-order chi connectivity index (χ0) is 13.1. The van der Waals surface area contributed by atoms with Crippen LogP contribution in [0.2, 0.25) is 0 Å². The quantitative estimate of drug-likeness (QED) is 0.395. The minimum Gasteiger partial charge on any atom is -0.456 e. The standard InChI is InChI=1S/C12H9IN2O3/c13-11-3-1-2-4-12(11)18-10-6-8(14)5-9(7-10)15(16)17/h1-7H,14H2. The number of nitro benzene ring substituents is 1. The third-order valence-corrected chi connectivity index (χ3v) is 3.08. The number of nitrogen functional groups attached to an aromatic ring is 1. The van der Waals surface area contributed by atoms with Gasteiger partial charge in [-0.3, -0.25) is 10.1 Å². The van der Waals surface area contributed by atoms with Crippen molar-refractivity contribution in [1.82, 2.24) is 0 Å². The number of hydrogen-bond donors (Lipinski definition) is 1. The first-order valence-electron chi connectivity index (χ1n) is 5.03. The predicted octanol–water partition coefficient (Wildman–Crippen LogP) is 3.57. The average molecular weight is 356 g/mol. The molecule has 0 unspecified atom stereocenters. The fourth-order valence-corrected chi connectivity index (χ4v) is 1.92. The number of nitrogens with two attached hydrogens (primary N) is 1. The minimum absolute atomic E-state index is 0.0871. The maximum absolute atomic E-state index is 10.7. The van der Waals surface area contributed by atoms with Crippen LogP contribution in [0.5, 0.6) is 11.5 Å². The van der Waals surface area contributed by atoms with E-state index in [-0.39, 0.29) is 5.69 Å². The molecule has 0 saturated heterocycles. The Balaban J connectivity index is 2.35. The molecule has 0 amide bonds. The number of benzene rings is 2. The van der Waals surface area contributed by atoms with Crippen molar-refractivity contribution in [2.45, 2.75) is 0 Å². The van der Waals surface area contributed by atoms with Gasteiger partial charge >= 0.3 is 0 Å². The van der Waals surface area contributed by atoms with E-state index in [1.807, 2.05) is 18.2 Å². The molecule has 0 aliphatic heterocycles. The summed E-state index contributed by atoms with van der Waals surface area (Å²) in [7, 11) is 0. The number of rotatable bonds is 3. The number of hydrogen-bond acceptors (Lipinski definition) is 4. The van der Waals surface area contributed by atoms with E-state index < -0.39 is 4.92 Å². The molecule has 0 fully saturated rings. The molecule has 2 N–H and O–H groups in total. The molecule has 0 bridgehead atoms. The summed E-state index contributed by atoms with van der Waals surface area (Å²) < 4.78 is 6.51. The van der Waals surface area contributed by atoms with Gasteiger partial charge in [-0.1, -0.05) is 12.1 Å². The molecule has 2 rings (SSSR count). The van der Waals surface area contributed by atoms with E-state index in [2.05, 4.69) is 22.6 Å². The molecule has 2 aromatic rings. The van der Waals surface area contributed by atoms with Crippen molar-refractivity contribution in [3.05, 3.63) is 56.1 Å². The Morgan fingerprint density at radius 3 is 2.61 bits per heavy atom. The van der Waals surface area contributed by atoms with Gasteiger partial charge in [0.25, 0.3) is 5.69 Å². The lowest BCUT2D eigenvalue weighted by molar-refractivity contribution is -0.384. The number of nitrogens with zero attached hydrogens (tertiary/aromatic N) is 1. The first-order valence-corrected chi connectivity index (χ1v) is 6.11. The summed E-state index contributed by atoms with van der Waals surface area (Å²) >= 11 is 2.13. The maximum Gasteiger partial charge on any atom is 0.275 e. The Labute approximate surface area is 117 Å².